The third kappa shape index (κ3) is 4.32. The summed E-state index contributed by atoms with van der Waals surface area (Å²) in [5.74, 6) is -0.366. The molecule has 1 aromatic heterocycles. The highest BCUT2D eigenvalue weighted by Gasteiger charge is 2.26. The van der Waals surface area contributed by atoms with E-state index in [1.807, 2.05) is 0 Å². The van der Waals surface area contributed by atoms with Crippen LogP contribution < -0.4 is 10.6 Å². The van der Waals surface area contributed by atoms with E-state index in [-0.39, 0.29) is 15.8 Å². The summed E-state index contributed by atoms with van der Waals surface area (Å²) in [6.07, 6.45) is 1.78. The lowest BCUT2D eigenvalue weighted by Gasteiger charge is -2.16. The summed E-state index contributed by atoms with van der Waals surface area (Å²) in [4.78, 5) is 12.2. The molecule has 1 aliphatic rings. The predicted molar refractivity (Wildman–Crippen MR) is 105 cm³/mol. The summed E-state index contributed by atoms with van der Waals surface area (Å²) in [5, 5.41) is 5.40. The van der Waals surface area contributed by atoms with Gasteiger partial charge in [0.25, 0.3) is 5.91 Å². The number of thiocarbonyl (C=S) groups is 1. The molecule has 3 rings (SSSR count). The lowest BCUT2D eigenvalue weighted by atomic mass is 10.3. The highest BCUT2D eigenvalue weighted by atomic mass is 79.9. The molecule has 7 nitrogen and oxygen atoms in total. The molecule has 26 heavy (non-hydrogen) atoms. The number of halogens is 1. The van der Waals surface area contributed by atoms with Crippen LogP contribution in [0.15, 0.2) is 50.4 Å². The van der Waals surface area contributed by atoms with Gasteiger partial charge in [0.2, 0.25) is 10.0 Å². The average molecular weight is 458 g/mol. The van der Waals surface area contributed by atoms with Gasteiger partial charge in [-0.1, -0.05) is 0 Å². The van der Waals surface area contributed by atoms with Crippen molar-refractivity contribution in [2.24, 2.45) is 0 Å². The SMILES string of the molecule is O=C(NC(=S)Nc1ccc(S(=O)(=O)N2CCCC2)cc1)c1ccc(Br)o1. The smallest absolute Gasteiger partial charge is 0.293 e. The molecule has 0 saturated carbocycles. The van der Waals surface area contributed by atoms with Crippen molar-refractivity contribution in [3.8, 4) is 0 Å². The Morgan fingerprint density at radius 3 is 2.35 bits per heavy atom. The Morgan fingerprint density at radius 1 is 1.12 bits per heavy atom. The Morgan fingerprint density at radius 2 is 1.77 bits per heavy atom. The van der Waals surface area contributed by atoms with E-state index >= 15 is 0 Å². The average Bonchev–Trinajstić information content (AvgIpc) is 3.27. The number of rotatable bonds is 4. The normalized spacial score (nSPS) is 15.0. The van der Waals surface area contributed by atoms with E-state index in [0.717, 1.165) is 12.8 Å². The highest BCUT2D eigenvalue weighted by Crippen LogP contribution is 2.22. The number of furan rings is 1. The van der Waals surface area contributed by atoms with Crippen molar-refractivity contribution in [3.05, 3.63) is 46.8 Å². The summed E-state index contributed by atoms with van der Waals surface area (Å²) in [6, 6.07) is 9.36. The van der Waals surface area contributed by atoms with Crippen LogP contribution in [0.4, 0.5) is 5.69 Å². The van der Waals surface area contributed by atoms with Gasteiger partial charge in [-0.2, -0.15) is 4.31 Å². The first kappa shape index (κ1) is 19.0. The van der Waals surface area contributed by atoms with Gasteiger partial charge in [0.15, 0.2) is 15.5 Å². The number of benzene rings is 1. The van der Waals surface area contributed by atoms with Crippen molar-refractivity contribution < 1.29 is 17.6 Å². The van der Waals surface area contributed by atoms with Gasteiger partial charge < -0.3 is 9.73 Å². The van der Waals surface area contributed by atoms with Crippen molar-refractivity contribution in [2.75, 3.05) is 18.4 Å². The molecule has 0 radical (unpaired) electrons. The van der Waals surface area contributed by atoms with E-state index in [4.69, 9.17) is 16.6 Å². The van der Waals surface area contributed by atoms with Crippen LogP contribution in [0, 0.1) is 0 Å². The molecule has 2 aromatic rings. The number of nitrogens with zero attached hydrogens (tertiary/aromatic N) is 1. The van der Waals surface area contributed by atoms with E-state index < -0.39 is 15.9 Å². The first-order valence-electron chi connectivity index (χ1n) is 7.84. The topological polar surface area (TPSA) is 91.7 Å². The molecule has 1 amide bonds. The fraction of sp³-hybridized carbons (Fsp3) is 0.250. The Hall–Kier alpha value is -1.75. The van der Waals surface area contributed by atoms with Gasteiger partial charge in [-0.05, 0) is 77.4 Å². The molecule has 1 fully saturated rings. The lowest BCUT2D eigenvalue weighted by molar-refractivity contribution is 0.0949. The first-order valence-corrected chi connectivity index (χ1v) is 10.5. The zero-order valence-electron chi connectivity index (χ0n) is 13.6. The maximum absolute atomic E-state index is 12.5. The third-order valence-electron chi connectivity index (χ3n) is 3.84. The lowest BCUT2D eigenvalue weighted by Crippen LogP contribution is -2.33. The third-order valence-corrected chi connectivity index (χ3v) is 6.38. The van der Waals surface area contributed by atoms with E-state index in [9.17, 15) is 13.2 Å². The zero-order valence-corrected chi connectivity index (χ0v) is 16.8. The van der Waals surface area contributed by atoms with Crippen molar-refractivity contribution in [1.29, 1.82) is 0 Å². The molecule has 1 saturated heterocycles. The number of carbonyl (C=O) groups is 1. The summed E-state index contributed by atoms with van der Waals surface area (Å²) >= 11 is 8.21. The molecule has 0 aliphatic carbocycles. The van der Waals surface area contributed by atoms with Crippen LogP contribution in [0.1, 0.15) is 23.4 Å². The van der Waals surface area contributed by atoms with Gasteiger partial charge in [-0.3, -0.25) is 10.1 Å². The molecule has 10 heteroatoms. The van der Waals surface area contributed by atoms with Gasteiger partial charge in [0, 0.05) is 18.8 Å². The Bertz CT molecular complexity index is 919. The zero-order chi connectivity index (χ0) is 18.7. The van der Waals surface area contributed by atoms with Crippen LogP contribution in [-0.4, -0.2) is 36.8 Å². The van der Waals surface area contributed by atoms with E-state index in [2.05, 4.69) is 26.6 Å². The molecule has 0 atom stereocenters. The molecule has 138 valence electrons. The minimum absolute atomic E-state index is 0.0812. The van der Waals surface area contributed by atoms with Crippen molar-refractivity contribution >= 4 is 54.9 Å². The standard InChI is InChI=1S/C16H16BrN3O4S2/c17-14-8-7-13(24-14)15(21)19-16(25)18-11-3-5-12(6-4-11)26(22,23)20-9-1-2-10-20/h3-8H,1-2,9-10H2,(H2,18,19,21,25). The van der Waals surface area contributed by atoms with E-state index in [1.165, 1.54) is 22.5 Å². The molecular formula is C16H16BrN3O4S2. The summed E-state index contributed by atoms with van der Waals surface area (Å²) in [7, 11) is -3.45. The first-order chi connectivity index (χ1) is 12.4. The molecular weight excluding hydrogens is 442 g/mol. The second-order valence-corrected chi connectivity index (χ2v) is 8.78. The van der Waals surface area contributed by atoms with E-state index in [1.54, 1.807) is 18.2 Å². The van der Waals surface area contributed by atoms with Crippen molar-refractivity contribution in [3.63, 3.8) is 0 Å². The van der Waals surface area contributed by atoms with Crippen LogP contribution in [0.3, 0.4) is 0 Å². The Balaban J connectivity index is 1.62. The molecule has 0 bridgehead atoms. The van der Waals surface area contributed by atoms with Gasteiger partial charge >= 0.3 is 0 Å². The molecule has 1 aromatic carbocycles. The quantitative estimate of drug-likeness (QED) is 0.685. The monoisotopic (exact) mass is 457 g/mol. The fourth-order valence-electron chi connectivity index (χ4n) is 2.55. The number of nitrogens with one attached hydrogen (secondary N) is 2. The minimum atomic E-state index is -3.45. The fourth-order valence-corrected chi connectivity index (χ4v) is 4.59. The Labute approximate surface area is 164 Å². The number of anilines is 1. The molecule has 1 aliphatic heterocycles. The molecule has 2 N–H and O–H groups in total. The highest BCUT2D eigenvalue weighted by molar-refractivity contribution is 9.10. The van der Waals surface area contributed by atoms with Crippen molar-refractivity contribution in [2.45, 2.75) is 17.7 Å². The van der Waals surface area contributed by atoms with Crippen LogP contribution in [0.5, 0.6) is 0 Å². The van der Waals surface area contributed by atoms with Crippen LogP contribution >= 0.6 is 28.1 Å². The number of hydrogen-bond acceptors (Lipinski definition) is 5. The molecule has 0 spiro atoms. The number of carbonyl (C=O) groups excluding carboxylic acids is 1. The number of sulfonamides is 1. The minimum Gasteiger partial charge on any atom is -0.444 e. The second kappa shape index (κ2) is 7.87. The second-order valence-electron chi connectivity index (χ2n) is 5.65. The number of hydrogen-bond donors (Lipinski definition) is 2. The maximum Gasteiger partial charge on any atom is 0.293 e. The number of amides is 1. The summed E-state index contributed by atoms with van der Waals surface area (Å²) in [6.45, 7) is 1.11. The maximum atomic E-state index is 12.5. The van der Waals surface area contributed by atoms with Crippen LogP contribution in [0.25, 0.3) is 0 Å². The van der Waals surface area contributed by atoms with Crippen LogP contribution in [0.2, 0.25) is 0 Å². The molecule has 0 unspecified atom stereocenters. The summed E-state index contributed by atoms with van der Waals surface area (Å²) in [5.41, 5.74) is 0.566. The van der Waals surface area contributed by atoms with Crippen LogP contribution in [-0.2, 0) is 10.0 Å². The summed E-state index contributed by atoms with van der Waals surface area (Å²) < 4.78 is 32.0. The van der Waals surface area contributed by atoms with Gasteiger partial charge in [-0.25, -0.2) is 8.42 Å². The predicted octanol–water partition coefficient (Wildman–Crippen LogP) is 2.95. The van der Waals surface area contributed by atoms with Gasteiger partial charge in [0.05, 0.1) is 4.90 Å². The Kier molecular flexibility index (Phi) is 5.76. The van der Waals surface area contributed by atoms with Gasteiger partial charge in [0.1, 0.15) is 0 Å². The largest absolute Gasteiger partial charge is 0.444 e. The van der Waals surface area contributed by atoms with Crippen molar-refractivity contribution in [1.82, 2.24) is 9.62 Å². The molecule has 2 heterocycles. The van der Waals surface area contributed by atoms with Gasteiger partial charge in [-0.15, -0.1) is 0 Å². The van der Waals surface area contributed by atoms with E-state index in [0.29, 0.717) is 23.4 Å².